The Morgan fingerprint density at radius 3 is 3.09 bits per heavy atom. The van der Waals surface area contributed by atoms with Crippen molar-refractivity contribution < 1.29 is 19.0 Å². The maximum Gasteiger partial charge on any atom is 0.166 e. The molecule has 0 fully saturated rings. The summed E-state index contributed by atoms with van der Waals surface area (Å²) < 4.78 is 26.1. The molecular formula is C17H20FNO3. The molecule has 0 saturated heterocycles. The number of benzene rings is 1. The maximum atomic E-state index is 14.7. The predicted octanol–water partition coefficient (Wildman–Crippen LogP) is 1.99. The number of aliphatic hydroxyl groups excluding tert-OH is 1. The van der Waals surface area contributed by atoms with Gasteiger partial charge in [-0.3, -0.25) is 0 Å². The summed E-state index contributed by atoms with van der Waals surface area (Å²) in [7, 11) is 3.54. The summed E-state index contributed by atoms with van der Waals surface area (Å²) in [5.74, 6) is 0.850. The van der Waals surface area contributed by atoms with Crippen LogP contribution in [0.5, 0.6) is 11.5 Å². The third kappa shape index (κ3) is 1.75. The van der Waals surface area contributed by atoms with Crippen LogP contribution in [0, 0.1) is 5.82 Å². The number of rotatable bonds is 1. The van der Waals surface area contributed by atoms with Crippen molar-refractivity contribution >= 4 is 0 Å². The minimum Gasteiger partial charge on any atom is -0.493 e. The zero-order valence-corrected chi connectivity index (χ0v) is 12.8. The van der Waals surface area contributed by atoms with Crippen LogP contribution in [0.4, 0.5) is 4.39 Å². The lowest BCUT2D eigenvalue weighted by molar-refractivity contribution is 0.0821. The second-order valence-electron chi connectivity index (χ2n) is 6.54. The molecule has 4 rings (SSSR count). The van der Waals surface area contributed by atoms with Crippen LogP contribution in [0.3, 0.4) is 0 Å². The molecule has 0 saturated carbocycles. The Morgan fingerprint density at radius 1 is 1.50 bits per heavy atom. The van der Waals surface area contributed by atoms with Gasteiger partial charge in [0, 0.05) is 30.2 Å². The third-order valence-electron chi connectivity index (χ3n) is 5.23. The van der Waals surface area contributed by atoms with Crippen LogP contribution < -0.4 is 9.47 Å². The number of methoxy groups -OCH3 is 1. The Hall–Kier alpha value is -1.59. The van der Waals surface area contributed by atoms with Gasteiger partial charge in [-0.05, 0) is 20.0 Å². The van der Waals surface area contributed by atoms with E-state index in [1.165, 1.54) is 13.2 Å². The highest BCUT2D eigenvalue weighted by Gasteiger charge is 2.53. The molecule has 5 heteroatoms. The van der Waals surface area contributed by atoms with Gasteiger partial charge in [-0.25, -0.2) is 4.39 Å². The lowest BCUT2D eigenvalue weighted by Gasteiger charge is -2.35. The molecule has 1 N–H and O–H groups in total. The van der Waals surface area contributed by atoms with Gasteiger partial charge in [-0.2, -0.15) is 0 Å². The second-order valence-corrected chi connectivity index (χ2v) is 6.54. The number of aliphatic hydroxyl groups is 1. The van der Waals surface area contributed by atoms with Crippen molar-refractivity contribution in [3.8, 4) is 11.5 Å². The highest BCUT2D eigenvalue weighted by Crippen LogP contribution is 2.56. The molecule has 4 nitrogen and oxygen atoms in total. The van der Waals surface area contributed by atoms with Crippen LogP contribution in [0.25, 0.3) is 0 Å². The summed E-state index contributed by atoms with van der Waals surface area (Å²) in [4.78, 5) is 2.13. The van der Waals surface area contributed by atoms with Crippen molar-refractivity contribution in [2.24, 2.45) is 0 Å². The minimum atomic E-state index is -0.509. The fourth-order valence-corrected chi connectivity index (χ4v) is 4.10. The van der Waals surface area contributed by atoms with Gasteiger partial charge in [0.05, 0.1) is 18.6 Å². The van der Waals surface area contributed by atoms with E-state index in [2.05, 4.69) is 4.90 Å². The molecule has 22 heavy (non-hydrogen) atoms. The van der Waals surface area contributed by atoms with Crippen molar-refractivity contribution in [1.82, 2.24) is 4.90 Å². The summed E-state index contributed by atoms with van der Waals surface area (Å²) in [6.45, 7) is 1.42. The number of halogens is 1. The molecule has 2 unspecified atom stereocenters. The molecule has 118 valence electrons. The van der Waals surface area contributed by atoms with Gasteiger partial charge in [-0.1, -0.05) is 12.2 Å². The van der Waals surface area contributed by atoms with E-state index in [1.54, 1.807) is 0 Å². The molecule has 3 aliphatic rings. The van der Waals surface area contributed by atoms with E-state index >= 15 is 0 Å². The quantitative estimate of drug-likeness (QED) is 0.806. The molecule has 0 aromatic heterocycles. The van der Waals surface area contributed by atoms with Gasteiger partial charge >= 0.3 is 0 Å². The van der Waals surface area contributed by atoms with Gasteiger partial charge < -0.3 is 19.5 Å². The van der Waals surface area contributed by atoms with Gasteiger partial charge in [0.1, 0.15) is 11.9 Å². The SMILES string of the molecule is COc1cc(F)c2c3c1OC1C[C@@H](O)C=CC31CCN(C)C2. The van der Waals surface area contributed by atoms with Crippen LogP contribution in [0.1, 0.15) is 24.0 Å². The van der Waals surface area contributed by atoms with E-state index < -0.39 is 6.10 Å². The van der Waals surface area contributed by atoms with E-state index in [1.807, 2.05) is 19.2 Å². The third-order valence-corrected chi connectivity index (χ3v) is 5.23. The molecule has 1 spiro atoms. The first-order chi connectivity index (χ1) is 10.5. The highest BCUT2D eigenvalue weighted by atomic mass is 19.1. The van der Waals surface area contributed by atoms with Gasteiger partial charge in [0.15, 0.2) is 11.5 Å². The van der Waals surface area contributed by atoms with Crippen LogP contribution in [-0.2, 0) is 12.0 Å². The smallest absolute Gasteiger partial charge is 0.166 e. The van der Waals surface area contributed by atoms with Crippen molar-refractivity contribution in [3.63, 3.8) is 0 Å². The Kier molecular flexibility index (Phi) is 3.00. The molecule has 0 amide bonds. The Bertz CT molecular complexity index is 660. The predicted molar refractivity (Wildman–Crippen MR) is 79.8 cm³/mol. The average Bonchev–Trinajstić information content (AvgIpc) is 2.74. The first kappa shape index (κ1) is 14.0. The Morgan fingerprint density at radius 2 is 2.32 bits per heavy atom. The molecule has 1 aromatic carbocycles. The van der Waals surface area contributed by atoms with Crippen molar-refractivity contribution in [1.29, 1.82) is 0 Å². The molecule has 2 heterocycles. The molecule has 1 aliphatic carbocycles. The van der Waals surface area contributed by atoms with E-state index in [0.717, 1.165) is 18.5 Å². The first-order valence-corrected chi connectivity index (χ1v) is 7.67. The summed E-state index contributed by atoms with van der Waals surface area (Å²) >= 11 is 0. The number of hydrogen-bond donors (Lipinski definition) is 1. The molecule has 2 aliphatic heterocycles. The van der Waals surface area contributed by atoms with Gasteiger partial charge in [-0.15, -0.1) is 0 Å². The Labute approximate surface area is 129 Å². The van der Waals surface area contributed by atoms with E-state index in [0.29, 0.717) is 30.0 Å². The topological polar surface area (TPSA) is 41.9 Å². The second kappa shape index (κ2) is 4.70. The van der Waals surface area contributed by atoms with Crippen LogP contribution in [0.2, 0.25) is 0 Å². The first-order valence-electron chi connectivity index (χ1n) is 7.67. The fourth-order valence-electron chi connectivity index (χ4n) is 4.10. The van der Waals surface area contributed by atoms with Crippen LogP contribution in [-0.4, -0.2) is 42.9 Å². The fraction of sp³-hybridized carbons (Fsp3) is 0.529. The lowest BCUT2D eigenvalue weighted by atomic mass is 9.69. The van der Waals surface area contributed by atoms with E-state index in [9.17, 15) is 9.50 Å². The van der Waals surface area contributed by atoms with E-state index in [-0.39, 0.29) is 17.3 Å². The lowest BCUT2D eigenvalue weighted by Crippen LogP contribution is -2.42. The standard InChI is InChI=1S/C17H20FNO3/c1-19-6-5-17-4-3-10(20)7-14(17)22-16-13(21-2)8-12(18)11(9-19)15(16)17/h3-4,8,10,14,20H,5-7,9H2,1-2H3/t10-,14?,17?/m0/s1. The zero-order chi connectivity index (χ0) is 15.5. The number of hydrogen-bond acceptors (Lipinski definition) is 4. The molecule has 1 aromatic rings. The molecule has 0 bridgehead atoms. The average molecular weight is 305 g/mol. The van der Waals surface area contributed by atoms with Crippen molar-refractivity contribution in [2.45, 2.75) is 37.0 Å². The summed E-state index contributed by atoms with van der Waals surface area (Å²) in [5, 5.41) is 9.95. The largest absolute Gasteiger partial charge is 0.493 e. The van der Waals surface area contributed by atoms with Gasteiger partial charge in [0.2, 0.25) is 0 Å². The zero-order valence-electron chi connectivity index (χ0n) is 12.8. The highest BCUT2D eigenvalue weighted by molar-refractivity contribution is 5.61. The molecule has 0 radical (unpaired) electrons. The Balaban J connectivity index is 2.00. The maximum absolute atomic E-state index is 14.7. The molecular weight excluding hydrogens is 285 g/mol. The summed E-state index contributed by atoms with van der Waals surface area (Å²) in [6.07, 6.45) is 4.55. The monoisotopic (exact) mass is 305 g/mol. The van der Waals surface area contributed by atoms with Gasteiger partial charge in [0.25, 0.3) is 0 Å². The normalized spacial score (nSPS) is 32.9. The number of nitrogens with zero attached hydrogens (tertiary/aromatic N) is 1. The molecule has 3 atom stereocenters. The van der Waals surface area contributed by atoms with Crippen molar-refractivity contribution in [2.75, 3.05) is 20.7 Å². The summed E-state index contributed by atoms with van der Waals surface area (Å²) in [6, 6.07) is 1.42. The van der Waals surface area contributed by atoms with Crippen LogP contribution in [0.15, 0.2) is 18.2 Å². The number of ether oxygens (including phenoxy) is 2. The van der Waals surface area contributed by atoms with Crippen molar-refractivity contribution in [3.05, 3.63) is 35.2 Å². The minimum absolute atomic E-state index is 0.163. The summed E-state index contributed by atoms with van der Waals surface area (Å²) in [5.41, 5.74) is 1.26. The van der Waals surface area contributed by atoms with E-state index in [4.69, 9.17) is 9.47 Å². The van der Waals surface area contributed by atoms with Crippen LogP contribution >= 0.6 is 0 Å².